The molecule has 0 spiro atoms. The summed E-state index contributed by atoms with van der Waals surface area (Å²) in [7, 11) is -3.11. The molecule has 2 heterocycles. The van der Waals surface area contributed by atoms with Crippen LogP contribution in [0.2, 0.25) is 10.0 Å². The van der Waals surface area contributed by atoms with Crippen molar-refractivity contribution in [3.63, 3.8) is 0 Å². The molecule has 0 radical (unpaired) electrons. The zero-order valence-electron chi connectivity index (χ0n) is 13.5. The Kier molecular flexibility index (Phi) is 4.79. The first-order valence-electron chi connectivity index (χ1n) is 8.10. The Labute approximate surface area is 165 Å². The molecule has 1 amide bonds. The second kappa shape index (κ2) is 6.82. The second-order valence-corrected chi connectivity index (χ2v) is 10.8. The highest BCUT2D eigenvalue weighted by Crippen LogP contribution is 2.39. The molecule has 1 aromatic carbocycles. The van der Waals surface area contributed by atoms with Gasteiger partial charge in [-0.3, -0.25) is 4.79 Å². The highest BCUT2D eigenvalue weighted by Gasteiger charge is 2.49. The number of aliphatic imine (C=N–C) groups is 1. The molecule has 0 bridgehead atoms. The van der Waals surface area contributed by atoms with E-state index in [1.807, 2.05) is 0 Å². The number of halogens is 2. The smallest absolute Gasteiger partial charge is 0.251 e. The number of hydrazone groups is 1. The van der Waals surface area contributed by atoms with Gasteiger partial charge in [0.25, 0.3) is 5.91 Å². The minimum Gasteiger partial charge on any atom is -0.272 e. The first-order valence-corrected chi connectivity index (χ1v) is 11.6. The molecule has 6 nitrogen and oxygen atoms in total. The molecular formula is C16H15Cl2N3O3S2. The number of hydrogen-bond acceptors (Lipinski definition) is 5. The van der Waals surface area contributed by atoms with E-state index < -0.39 is 9.84 Å². The van der Waals surface area contributed by atoms with Crippen molar-refractivity contribution in [2.24, 2.45) is 16.0 Å². The van der Waals surface area contributed by atoms with Crippen LogP contribution in [0.15, 0.2) is 28.3 Å². The van der Waals surface area contributed by atoms with Crippen LogP contribution in [-0.4, -0.2) is 53.5 Å². The number of sulfone groups is 1. The third kappa shape index (κ3) is 3.78. The van der Waals surface area contributed by atoms with Crippen LogP contribution >= 0.6 is 35.0 Å². The van der Waals surface area contributed by atoms with Crippen LogP contribution in [0.1, 0.15) is 18.4 Å². The third-order valence-corrected chi connectivity index (χ3v) is 8.22. The highest BCUT2D eigenvalue weighted by atomic mass is 35.5. The fourth-order valence-electron chi connectivity index (χ4n) is 2.93. The maximum atomic E-state index is 12.1. The molecule has 3 aliphatic rings. The van der Waals surface area contributed by atoms with E-state index in [0.29, 0.717) is 20.8 Å². The van der Waals surface area contributed by atoms with Crippen molar-refractivity contribution in [1.29, 1.82) is 0 Å². The molecule has 0 N–H and O–H groups in total. The molecule has 2 unspecified atom stereocenters. The molecule has 2 aliphatic heterocycles. The van der Waals surface area contributed by atoms with Crippen LogP contribution in [0.25, 0.3) is 0 Å². The van der Waals surface area contributed by atoms with Gasteiger partial charge >= 0.3 is 0 Å². The normalized spacial score (nSPS) is 28.8. The largest absolute Gasteiger partial charge is 0.272 e. The number of fused-ring (bicyclic) bond motifs is 1. The van der Waals surface area contributed by atoms with Gasteiger partial charge in [0.15, 0.2) is 15.0 Å². The average Bonchev–Trinajstić information content (AvgIpc) is 3.29. The molecule has 2 atom stereocenters. The number of carbonyl (C=O) groups is 1. The van der Waals surface area contributed by atoms with Crippen molar-refractivity contribution >= 4 is 62.1 Å². The van der Waals surface area contributed by atoms with E-state index >= 15 is 0 Å². The Morgan fingerprint density at radius 1 is 1.27 bits per heavy atom. The van der Waals surface area contributed by atoms with Gasteiger partial charge in [0, 0.05) is 16.5 Å². The summed E-state index contributed by atoms with van der Waals surface area (Å²) < 4.78 is 23.9. The van der Waals surface area contributed by atoms with E-state index in [9.17, 15) is 13.2 Å². The van der Waals surface area contributed by atoms with Crippen molar-refractivity contribution in [3.05, 3.63) is 33.8 Å². The summed E-state index contributed by atoms with van der Waals surface area (Å²) in [6, 6.07) is 4.71. The number of nitrogens with zero attached hydrogens (tertiary/aromatic N) is 3. The summed E-state index contributed by atoms with van der Waals surface area (Å²) >= 11 is 13.4. The first kappa shape index (κ1) is 18.3. The van der Waals surface area contributed by atoms with Gasteiger partial charge in [0.1, 0.15) is 0 Å². The van der Waals surface area contributed by atoms with E-state index in [0.717, 1.165) is 12.8 Å². The Morgan fingerprint density at radius 3 is 2.73 bits per heavy atom. The van der Waals surface area contributed by atoms with Crippen molar-refractivity contribution in [2.75, 3.05) is 11.5 Å². The molecule has 1 aliphatic carbocycles. The minimum atomic E-state index is -3.11. The van der Waals surface area contributed by atoms with Crippen LogP contribution in [0, 0.1) is 5.92 Å². The van der Waals surface area contributed by atoms with Crippen molar-refractivity contribution < 1.29 is 13.2 Å². The topological polar surface area (TPSA) is 79.2 Å². The molecule has 1 saturated carbocycles. The summed E-state index contributed by atoms with van der Waals surface area (Å²) in [6.07, 6.45) is 3.28. The average molecular weight is 432 g/mol. The van der Waals surface area contributed by atoms with E-state index in [1.54, 1.807) is 29.4 Å². The summed E-state index contributed by atoms with van der Waals surface area (Å²) in [4.78, 5) is 16.3. The molecule has 2 saturated heterocycles. The number of hydrogen-bond donors (Lipinski definition) is 0. The third-order valence-electron chi connectivity index (χ3n) is 4.46. The van der Waals surface area contributed by atoms with Gasteiger partial charge in [-0.25, -0.2) is 13.4 Å². The van der Waals surface area contributed by atoms with E-state index in [4.69, 9.17) is 23.2 Å². The fraction of sp³-hybridized carbons (Fsp3) is 0.438. The van der Waals surface area contributed by atoms with Crippen molar-refractivity contribution in [3.8, 4) is 0 Å². The van der Waals surface area contributed by atoms with Crippen LogP contribution in [0.5, 0.6) is 0 Å². The number of amidine groups is 1. The lowest BCUT2D eigenvalue weighted by Gasteiger charge is -2.18. The van der Waals surface area contributed by atoms with Gasteiger partial charge in [-0.15, -0.1) is 0 Å². The lowest BCUT2D eigenvalue weighted by molar-refractivity contribution is -0.118. The van der Waals surface area contributed by atoms with Crippen LogP contribution in [0.3, 0.4) is 0 Å². The van der Waals surface area contributed by atoms with E-state index in [-0.39, 0.29) is 34.6 Å². The minimum absolute atomic E-state index is 0.00353. The highest BCUT2D eigenvalue weighted by molar-refractivity contribution is 8.15. The quantitative estimate of drug-likeness (QED) is 0.687. The molecule has 4 rings (SSSR count). The Balaban J connectivity index is 1.63. The molecule has 10 heteroatoms. The number of thioether (sulfide) groups is 1. The van der Waals surface area contributed by atoms with Gasteiger partial charge in [-0.1, -0.05) is 41.0 Å². The lowest BCUT2D eigenvalue weighted by Crippen LogP contribution is -2.33. The lowest BCUT2D eigenvalue weighted by atomic mass is 10.2. The summed E-state index contributed by atoms with van der Waals surface area (Å²) in [5.41, 5.74) is 0.651. The van der Waals surface area contributed by atoms with Gasteiger partial charge in [-0.05, 0) is 25.0 Å². The summed E-state index contributed by atoms with van der Waals surface area (Å²) in [5.74, 6) is -0.0662. The van der Waals surface area contributed by atoms with Crippen LogP contribution in [-0.2, 0) is 14.6 Å². The number of carbonyl (C=O) groups excluding carboxylic acids is 1. The van der Waals surface area contributed by atoms with Crippen molar-refractivity contribution in [1.82, 2.24) is 5.01 Å². The zero-order chi connectivity index (χ0) is 18.5. The predicted octanol–water partition coefficient (Wildman–Crippen LogP) is 2.83. The Morgan fingerprint density at radius 2 is 2.04 bits per heavy atom. The molecule has 138 valence electrons. The SMILES string of the molecule is O=C(N=C1SC2CS(=O)(=O)CC2N1N=Cc1ccc(Cl)cc1Cl)C1CC1. The fourth-order valence-corrected chi connectivity index (χ4v) is 7.23. The molecule has 0 aromatic heterocycles. The number of rotatable bonds is 3. The Bertz CT molecular complexity index is 929. The zero-order valence-corrected chi connectivity index (χ0v) is 16.7. The molecule has 26 heavy (non-hydrogen) atoms. The van der Waals surface area contributed by atoms with Crippen LogP contribution in [0.4, 0.5) is 0 Å². The monoisotopic (exact) mass is 431 g/mol. The van der Waals surface area contributed by atoms with E-state index in [1.165, 1.54) is 11.8 Å². The predicted molar refractivity (Wildman–Crippen MR) is 105 cm³/mol. The van der Waals surface area contributed by atoms with Gasteiger partial charge in [0.2, 0.25) is 0 Å². The maximum Gasteiger partial charge on any atom is 0.251 e. The molecule has 1 aromatic rings. The van der Waals surface area contributed by atoms with Crippen molar-refractivity contribution in [2.45, 2.75) is 24.1 Å². The number of amides is 1. The van der Waals surface area contributed by atoms with Gasteiger partial charge in [-0.2, -0.15) is 10.1 Å². The van der Waals surface area contributed by atoms with Gasteiger partial charge < -0.3 is 0 Å². The summed E-state index contributed by atoms with van der Waals surface area (Å²) in [5, 5.41) is 7.24. The standard InChI is InChI=1S/C16H15Cl2N3O3S2/c17-11-4-3-10(12(18)5-11)6-19-21-13-7-26(23,24)8-14(13)25-16(21)20-15(22)9-1-2-9/h3-6,9,13-14H,1-2,7-8H2. The number of benzene rings is 1. The van der Waals surface area contributed by atoms with E-state index in [2.05, 4.69) is 10.1 Å². The second-order valence-electron chi connectivity index (χ2n) is 6.56. The summed E-state index contributed by atoms with van der Waals surface area (Å²) in [6.45, 7) is 0. The Hall–Kier alpha value is -1.09. The molecular weight excluding hydrogens is 417 g/mol. The first-order chi connectivity index (χ1) is 12.3. The van der Waals surface area contributed by atoms with Gasteiger partial charge in [0.05, 0.1) is 34.0 Å². The molecule has 3 fully saturated rings. The van der Waals surface area contributed by atoms with Crippen LogP contribution < -0.4 is 0 Å². The maximum absolute atomic E-state index is 12.1.